The van der Waals surface area contributed by atoms with E-state index in [1.54, 1.807) is 17.0 Å². The number of amides is 1. The van der Waals surface area contributed by atoms with Gasteiger partial charge in [-0.15, -0.1) is 16.4 Å². The molecular weight excluding hydrogens is 388 g/mol. The lowest BCUT2D eigenvalue weighted by Crippen LogP contribution is -2.36. The summed E-state index contributed by atoms with van der Waals surface area (Å²) < 4.78 is 2.88. The maximum absolute atomic E-state index is 13.3. The van der Waals surface area contributed by atoms with Crippen LogP contribution in [0.4, 0.5) is 0 Å². The Morgan fingerprint density at radius 3 is 2.62 bits per heavy atom. The second-order valence-electron chi connectivity index (χ2n) is 7.33. The number of fused-ring (bicyclic) bond motifs is 3. The molecule has 0 radical (unpaired) electrons. The van der Waals surface area contributed by atoms with Crippen LogP contribution in [-0.2, 0) is 11.3 Å². The molecule has 1 saturated heterocycles. The van der Waals surface area contributed by atoms with Crippen LogP contribution in [0, 0.1) is 13.8 Å². The Bertz CT molecular complexity index is 1300. The summed E-state index contributed by atoms with van der Waals surface area (Å²) in [5.74, 6) is 0.445. The van der Waals surface area contributed by atoms with Gasteiger partial charge in [0, 0.05) is 35.9 Å². The van der Waals surface area contributed by atoms with E-state index in [9.17, 15) is 9.59 Å². The van der Waals surface area contributed by atoms with Crippen LogP contribution in [0.25, 0.3) is 27.3 Å². The fraction of sp³-hybridized carbons (Fsp3) is 0.350. The first-order valence-electron chi connectivity index (χ1n) is 9.62. The molecule has 4 aromatic rings. The van der Waals surface area contributed by atoms with E-state index in [1.165, 1.54) is 15.9 Å². The molecule has 0 aliphatic carbocycles. The van der Waals surface area contributed by atoms with Crippen LogP contribution in [0.5, 0.6) is 0 Å². The minimum absolute atomic E-state index is 0.0229. The summed E-state index contributed by atoms with van der Waals surface area (Å²) in [4.78, 5) is 38.5. The number of aryl methyl sites for hydroxylation is 2. The largest absolute Gasteiger partial charge is 0.352 e. The minimum Gasteiger partial charge on any atom is -0.341 e. The van der Waals surface area contributed by atoms with Gasteiger partial charge in [0.25, 0.3) is 0 Å². The monoisotopic (exact) mass is 408 g/mol. The topological polar surface area (TPSA) is 85.4 Å². The Morgan fingerprint density at radius 2 is 1.90 bits per heavy atom. The molecule has 29 heavy (non-hydrogen) atoms. The summed E-state index contributed by atoms with van der Waals surface area (Å²) in [6.07, 6.45) is 5.38. The highest BCUT2D eigenvalue weighted by Gasteiger charge is 2.24. The van der Waals surface area contributed by atoms with Crippen LogP contribution in [0.1, 0.15) is 23.3 Å². The van der Waals surface area contributed by atoms with Crippen LogP contribution >= 0.6 is 11.3 Å². The number of thiophene rings is 1. The SMILES string of the molecule is Cc1sc2c(c1C)c1nc(-c3ccncc3)nn1c(=O)n2CC(=O)N1CCCC1. The van der Waals surface area contributed by atoms with Gasteiger partial charge in [-0.1, -0.05) is 0 Å². The van der Waals surface area contributed by atoms with Gasteiger partial charge >= 0.3 is 5.69 Å². The number of carbonyl (C=O) groups is 1. The summed E-state index contributed by atoms with van der Waals surface area (Å²) in [7, 11) is 0. The van der Waals surface area contributed by atoms with Gasteiger partial charge in [0.15, 0.2) is 11.5 Å². The molecule has 0 unspecified atom stereocenters. The van der Waals surface area contributed by atoms with Crippen molar-refractivity contribution in [1.29, 1.82) is 0 Å². The van der Waals surface area contributed by atoms with Crippen molar-refractivity contribution in [3.05, 3.63) is 45.5 Å². The van der Waals surface area contributed by atoms with Gasteiger partial charge in [0.05, 0.1) is 5.39 Å². The van der Waals surface area contributed by atoms with Crippen molar-refractivity contribution in [2.75, 3.05) is 13.1 Å². The smallest absolute Gasteiger partial charge is 0.341 e. The van der Waals surface area contributed by atoms with Crippen molar-refractivity contribution in [3.63, 3.8) is 0 Å². The fourth-order valence-electron chi connectivity index (χ4n) is 3.84. The number of likely N-dealkylation sites (tertiary alicyclic amines) is 1. The predicted octanol–water partition coefficient (Wildman–Crippen LogP) is 2.41. The van der Waals surface area contributed by atoms with Crippen LogP contribution in [0.2, 0.25) is 0 Å². The molecule has 5 rings (SSSR count). The maximum Gasteiger partial charge on any atom is 0.352 e. The second kappa shape index (κ2) is 6.77. The van der Waals surface area contributed by atoms with Crippen LogP contribution in [0.3, 0.4) is 0 Å². The zero-order valence-electron chi connectivity index (χ0n) is 16.3. The first-order chi connectivity index (χ1) is 14.0. The predicted molar refractivity (Wildman–Crippen MR) is 111 cm³/mol. The summed E-state index contributed by atoms with van der Waals surface area (Å²) in [6.45, 7) is 5.59. The lowest BCUT2D eigenvalue weighted by molar-refractivity contribution is -0.130. The van der Waals surface area contributed by atoms with Crippen molar-refractivity contribution in [2.45, 2.75) is 33.2 Å². The van der Waals surface area contributed by atoms with Gasteiger partial charge in [-0.05, 0) is 44.4 Å². The quantitative estimate of drug-likeness (QED) is 0.520. The number of hydrogen-bond acceptors (Lipinski definition) is 6. The van der Waals surface area contributed by atoms with E-state index in [0.29, 0.717) is 11.5 Å². The molecule has 0 spiro atoms. The Labute approximate surface area is 170 Å². The molecule has 0 saturated carbocycles. The van der Waals surface area contributed by atoms with E-state index < -0.39 is 0 Å². The number of nitrogens with zero attached hydrogens (tertiary/aromatic N) is 6. The third-order valence-corrected chi connectivity index (χ3v) is 6.78. The molecule has 9 heteroatoms. The maximum atomic E-state index is 13.3. The molecule has 5 heterocycles. The zero-order chi connectivity index (χ0) is 20.1. The van der Waals surface area contributed by atoms with Gasteiger partial charge < -0.3 is 4.90 Å². The summed E-state index contributed by atoms with van der Waals surface area (Å²) in [5.41, 5.74) is 2.05. The van der Waals surface area contributed by atoms with E-state index in [2.05, 4.69) is 15.1 Å². The minimum atomic E-state index is -0.339. The molecule has 4 aromatic heterocycles. The summed E-state index contributed by atoms with van der Waals surface area (Å²) in [5, 5.41) is 5.36. The van der Waals surface area contributed by atoms with Crippen molar-refractivity contribution in [3.8, 4) is 11.4 Å². The molecule has 8 nitrogen and oxygen atoms in total. The molecule has 1 aliphatic heterocycles. The third-order valence-electron chi connectivity index (χ3n) is 5.55. The van der Waals surface area contributed by atoms with Gasteiger partial charge in [-0.3, -0.25) is 14.3 Å². The highest BCUT2D eigenvalue weighted by molar-refractivity contribution is 7.19. The van der Waals surface area contributed by atoms with E-state index in [1.807, 2.05) is 30.9 Å². The van der Waals surface area contributed by atoms with E-state index in [-0.39, 0.29) is 18.1 Å². The van der Waals surface area contributed by atoms with Gasteiger partial charge in [0.2, 0.25) is 5.91 Å². The van der Waals surface area contributed by atoms with E-state index in [0.717, 1.165) is 52.2 Å². The van der Waals surface area contributed by atoms with Crippen molar-refractivity contribution in [1.82, 2.24) is 29.0 Å². The normalized spacial score (nSPS) is 14.3. The van der Waals surface area contributed by atoms with Crippen LogP contribution in [-0.4, -0.2) is 48.0 Å². The van der Waals surface area contributed by atoms with Gasteiger partial charge in [-0.25, -0.2) is 9.78 Å². The Hall–Kier alpha value is -3.07. The lowest BCUT2D eigenvalue weighted by atomic mass is 10.2. The second-order valence-corrected chi connectivity index (χ2v) is 8.53. The van der Waals surface area contributed by atoms with Crippen molar-refractivity contribution >= 4 is 33.1 Å². The molecule has 0 aromatic carbocycles. The van der Waals surface area contributed by atoms with Crippen molar-refractivity contribution < 1.29 is 4.79 Å². The number of aromatic nitrogens is 5. The first-order valence-corrected chi connectivity index (χ1v) is 10.4. The molecular formula is C20H20N6O2S. The van der Waals surface area contributed by atoms with E-state index in [4.69, 9.17) is 0 Å². The van der Waals surface area contributed by atoms with Gasteiger partial charge in [-0.2, -0.15) is 4.52 Å². The third kappa shape index (κ3) is 2.84. The fourth-order valence-corrected chi connectivity index (χ4v) is 4.98. The molecule has 0 bridgehead atoms. The Morgan fingerprint density at radius 1 is 1.17 bits per heavy atom. The molecule has 0 N–H and O–H groups in total. The number of carbonyl (C=O) groups excluding carboxylic acids is 1. The molecule has 1 fully saturated rings. The number of rotatable bonds is 3. The first kappa shape index (κ1) is 18.0. The molecule has 0 atom stereocenters. The van der Waals surface area contributed by atoms with Crippen LogP contribution < -0.4 is 5.69 Å². The standard InChI is InChI=1S/C20H20N6O2S/c1-12-13(2)29-19-16(12)18-22-17(14-5-7-21-8-6-14)23-26(18)20(28)25(19)11-15(27)24-9-3-4-10-24/h5-8H,3-4,9-11H2,1-2H3. The molecule has 1 aliphatic rings. The van der Waals surface area contributed by atoms with Gasteiger partial charge in [0.1, 0.15) is 11.4 Å². The summed E-state index contributed by atoms with van der Waals surface area (Å²) in [6, 6.07) is 3.63. The average Bonchev–Trinajstić information content (AvgIpc) is 3.46. The molecule has 148 valence electrons. The van der Waals surface area contributed by atoms with Crippen LogP contribution in [0.15, 0.2) is 29.3 Å². The Balaban J connectivity index is 1.74. The number of hydrogen-bond donors (Lipinski definition) is 0. The van der Waals surface area contributed by atoms with Crippen molar-refractivity contribution in [2.24, 2.45) is 0 Å². The number of pyridine rings is 1. The highest BCUT2D eigenvalue weighted by Crippen LogP contribution is 2.32. The zero-order valence-corrected chi connectivity index (χ0v) is 17.1. The highest BCUT2D eigenvalue weighted by atomic mass is 32.1. The molecule has 1 amide bonds. The lowest BCUT2D eigenvalue weighted by Gasteiger charge is -2.16. The average molecular weight is 408 g/mol. The van der Waals surface area contributed by atoms with E-state index >= 15 is 0 Å². The summed E-state index contributed by atoms with van der Waals surface area (Å²) >= 11 is 1.53. The Kier molecular flexibility index (Phi) is 4.20.